The molecule has 0 unspecified atom stereocenters. The number of hydrogen-bond donors (Lipinski definition) is 1. The van der Waals surface area contributed by atoms with Gasteiger partial charge in [0.05, 0.1) is 11.3 Å². The first kappa shape index (κ1) is 17.5. The fourth-order valence-corrected chi connectivity index (χ4v) is 4.90. The van der Waals surface area contributed by atoms with E-state index in [0.717, 1.165) is 50.0 Å². The summed E-state index contributed by atoms with van der Waals surface area (Å²) in [6, 6.07) is 0. The normalized spacial score (nSPS) is 29.8. The van der Waals surface area contributed by atoms with Gasteiger partial charge in [0.2, 0.25) is 5.91 Å². The molecule has 5 heteroatoms. The maximum Gasteiger partial charge on any atom is 0.244 e. The van der Waals surface area contributed by atoms with E-state index in [1.165, 1.54) is 5.56 Å². The third-order valence-corrected chi connectivity index (χ3v) is 6.45. The van der Waals surface area contributed by atoms with Gasteiger partial charge in [0.25, 0.3) is 0 Å². The van der Waals surface area contributed by atoms with Crippen molar-refractivity contribution >= 4 is 5.91 Å². The van der Waals surface area contributed by atoms with Crippen molar-refractivity contribution in [1.29, 1.82) is 0 Å². The van der Waals surface area contributed by atoms with E-state index in [1.807, 2.05) is 23.4 Å². The van der Waals surface area contributed by atoms with Gasteiger partial charge in [-0.15, -0.1) is 0 Å². The van der Waals surface area contributed by atoms with Crippen LogP contribution in [0, 0.1) is 25.7 Å². The smallest absolute Gasteiger partial charge is 0.244 e. The molecule has 2 heterocycles. The van der Waals surface area contributed by atoms with Crippen molar-refractivity contribution in [2.75, 3.05) is 13.1 Å². The number of rotatable bonds is 4. The minimum absolute atomic E-state index is 0.135. The average Bonchev–Trinajstić information content (AvgIpc) is 3.10. The molecule has 1 saturated carbocycles. The Labute approximate surface area is 145 Å². The Morgan fingerprint density at radius 3 is 2.71 bits per heavy atom. The van der Waals surface area contributed by atoms with Gasteiger partial charge in [-0.2, -0.15) is 5.10 Å². The van der Waals surface area contributed by atoms with Gasteiger partial charge in [-0.1, -0.05) is 20.3 Å². The molecule has 1 amide bonds. The van der Waals surface area contributed by atoms with Crippen molar-refractivity contribution < 1.29 is 9.90 Å². The number of aryl methyl sites for hydroxylation is 1. The van der Waals surface area contributed by atoms with Crippen molar-refractivity contribution in [3.63, 3.8) is 0 Å². The number of carbonyl (C=O) groups excluding carboxylic acids is 1. The topological polar surface area (TPSA) is 58.4 Å². The summed E-state index contributed by atoms with van der Waals surface area (Å²) in [5, 5.41) is 15.4. The van der Waals surface area contributed by atoms with Crippen LogP contribution in [0.2, 0.25) is 0 Å². The van der Waals surface area contributed by atoms with Crippen molar-refractivity contribution in [2.24, 2.45) is 11.8 Å². The summed E-state index contributed by atoms with van der Waals surface area (Å²) < 4.78 is 1.85. The highest BCUT2D eigenvalue weighted by Gasteiger charge is 2.48. The molecule has 1 aliphatic heterocycles. The molecule has 3 atom stereocenters. The molecular weight excluding hydrogens is 302 g/mol. The van der Waals surface area contributed by atoms with E-state index in [1.54, 1.807) is 0 Å². The van der Waals surface area contributed by atoms with Gasteiger partial charge >= 0.3 is 0 Å². The molecule has 2 fully saturated rings. The van der Waals surface area contributed by atoms with Crippen LogP contribution in [0.5, 0.6) is 0 Å². The lowest BCUT2D eigenvalue weighted by atomic mass is 9.69. The quantitative estimate of drug-likeness (QED) is 0.921. The monoisotopic (exact) mass is 333 g/mol. The van der Waals surface area contributed by atoms with Gasteiger partial charge in [0.15, 0.2) is 0 Å². The first-order valence-electron chi connectivity index (χ1n) is 9.42. The molecule has 1 N–H and O–H groups in total. The molecule has 0 aromatic carbocycles. The highest BCUT2D eigenvalue weighted by atomic mass is 16.3. The van der Waals surface area contributed by atoms with E-state index in [9.17, 15) is 9.90 Å². The van der Waals surface area contributed by atoms with Gasteiger partial charge in [0, 0.05) is 24.7 Å². The summed E-state index contributed by atoms with van der Waals surface area (Å²) in [4.78, 5) is 14.8. The SMILES string of the molecule is CCc1c(C)nn(CC(=O)N2C[C@@H]3CCC[C@@](O)(CC)[C@@H]3C2)c1C. The summed E-state index contributed by atoms with van der Waals surface area (Å²) >= 11 is 0. The predicted octanol–water partition coefficient (Wildman–Crippen LogP) is 2.46. The minimum Gasteiger partial charge on any atom is -0.390 e. The van der Waals surface area contributed by atoms with Crippen molar-refractivity contribution in [2.45, 2.75) is 71.9 Å². The summed E-state index contributed by atoms with van der Waals surface area (Å²) in [6.07, 6.45) is 4.82. The second kappa shape index (κ2) is 6.51. The first-order valence-corrected chi connectivity index (χ1v) is 9.42. The largest absolute Gasteiger partial charge is 0.390 e. The number of amides is 1. The van der Waals surface area contributed by atoms with E-state index in [0.29, 0.717) is 19.0 Å². The van der Waals surface area contributed by atoms with Crippen LogP contribution >= 0.6 is 0 Å². The maximum absolute atomic E-state index is 12.8. The maximum atomic E-state index is 12.8. The number of likely N-dealkylation sites (tertiary alicyclic amines) is 1. The zero-order valence-electron chi connectivity index (χ0n) is 15.5. The molecule has 0 bridgehead atoms. The van der Waals surface area contributed by atoms with Crippen LogP contribution in [-0.2, 0) is 17.8 Å². The summed E-state index contributed by atoms with van der Waals surface area (Å²) in [7, 11) is 0. The number of aliphatic hydroxyl groups is 1. The molecule has 1 aromatic rings. The number of hydrogen-bond acceptors (Lipinski definition) is 3. The Morgan fingerprint density at radius 2 is 2.08 bits per heavy atom. The van der Waals surface area contributed by atoms with Crippen molar-refractivity contribution in [3.8, 4) is 0 Å². The molecule has 0 radical (unpaired) electrons. The second-order valence-electron chi connectivity index (χ2n) is 7.68. The molecule has 1 aliphatic carbocycles. The Hall–Kier alpha value is -1.36. The van der Waals surface area contributed by atoms with Crippen LogP contribution in [0.15, 0.2) is 0 Å². The van der Waals surface area contributed by atoms with Gasteiger partial charge in [0.1, 0.15) is 6.54 Å². The number of carbonyl (C=O) groups is 1. The molecule has 24 heavy (non-hydrogen) atoms. The third kappa shape index (κ3) is 2.87. The van der Waals surface area contributed by atoms with Crippen LogP contribution in [0.1, 0.15) is 56.5 Å². The Bertz CT molecular complexity index is 624. The van der Waals surface area contributed by atoms with E-state index in [2.05, 4.69) is 18.9 Å². The number of aromatic nitrogens is 2. The van der Waals surface area contributed by atoms with Crippen molar-refractivity contribution in [1.82, 2.24) is 14.7 Å². The Morgan fingerprint density at radius 1 is 1.33 bits per heavy atom. The Kier molecular flexibility index (Phi) is 4.73. The molecule has 1 saturated heterocycles. The zero-order valence-corrected chi connectivity index (χ0v) is 15.5. The minimum atomic E-state index is -0.578. The van der Waals surface area contributed by atoms with Crippen LogP contribution < -0.4 is 0 Å². The van der Waals surface area contributed by atoms with E-state index >= 15 is 0 Å². The summed E-state index contributed by atoms with van der Waals surface area (Å²) in [6.45, 7) is 10.1. The molecular formula is C19H31N3O2. The van der Waals surface area contributed by atoms with Crippen LogP contribution in [0.25, 0.3) is 0 Å². The Balaban J connectivity index is 1.71. The van der Waals surface area contributed by atoms with Crippen LogP contribution in [-0.4, -0.2) is 44.4 Å². The van der Waals surface area contributed by atoms with E-state index in [-0.39, 0.29) is 11.8 Å². The number of nitrogens with zero attached hydrogens (tertiary/aromatic N) is 3. The molecule has 5 nitrogen and oxygen atoms in total. The highest BCUT2D eigenvalue weighted by Crippen LogP contribution is 2.44. The predicted molar refractivity (Wildman–Crippen MR) is 93.7 cm³/mol. The third-order valence-electron chi connectivity index (χ3n) is 6.45. The lowest BCUT2D eigenvalue weighted by Crippen LogP contribution is -2.44. The van der Waals surface area contributed by atoms with Gasteiger partial charge < -0.3 is 10.0 Å². The fourth-order valence-electron chi connectivity index (χ4n) is 4.90. The molecule has 134 valence electrons. The number of fused-ring (bicyclic) bond motifs is 1. The fraction of sp³-hybridized carbons (Fsp3) is 0.789. The summed E-state index contributed by atoms with van der Waals surface area (Å²) in [5.41, 5.74) is 2.80. The van der Waals surface area contributed by atoms with Gasteiger partial charge in [-0.3, -0.25) is 9.48 Å². The molecule has 2 aliphatic rings. The zero-order chi connectivity index (χ0) is 17.5. The molecule has 0 spiro atoms. The lowest BCUT2D eigenvalue weighted by Gasteiger charge is -2.40. The van der Waals surface area contributed by atoms with E-state index < -0.39 is 5.60 Å². The van der Waals surface area contributed by atoms with Crippen LogP contribution in [0.4, 0.5) is 0 Å². The van der Waals surface area contributed by atoms with Gasteiger partial charge in [-0.05, 0) is 51.0 Å². The van der Waals surface area contributed by atoms with Crippen LogP contribution in [0.3, 0.4) is 0 Å². The lowest BCUT2D eigenvalue weighted by molar-refractivity contribution is -0.131. The van der Waals surface area contributed by atoms with E-state index in [4.69, 9.17) is 0 Å². The molecule has 1 aromatic heterocycles. The van der Waals surface area contributed by atoms with Gasteiger partial charge in [-0.25, -0.2) is 0 Å². The summed E-state index contributed by atoms with van der Waals surface area (Å²) in [5.74, 6) is 0.835. The second-order valence-corrected chi connectivity index (χ2v) is 7.68. The van der Waals surface area contributed by atoms with Crippen molar-refractivity contribution in [3.05, 3.63) is 17.0 Å². The standard InChI is InChI=1S/C19H31N3O2/c1-5-16-13(3)20-22(14(16)4)12-18(23)21-10-15-8-7-9-19(24,6-2)17(15)11-21/h15,17,24H,5-12H2,1-4H3/t15-,17+,19-/m0/s1. The highest BCUT2D eigenvalue weighted by molar-refractivity contribution is 5.76. The molecule has 3 rings (SSSR count). The average molecular weight is 333 g/mol. The first-order chi connectivity index (χ1) is 11.4.